The quantitative estimate of drug-likeness (QED) is 0.587. The molecule has 0 aliphatic heterocycles. The molecule has 0 saturated heterocycles. The Kier molecular flexibility index (Phi) is 2.45. The van der Waals surface area contributed by atoms with Gasteiger partial charge in [0.15, 0.2) is 0 Å². The summed E-state index contributed by atoms with van der Waals surface area (Å²) in [5.41, 5.74) is 4.39. The molecule has 0 saturated carbocycles. The van der Waals surface area contributed by atoms with Crippen LogP contribution in [0, 0.1) is 3.70 Å². The first-order valence-electron chi connectivity index (χ1n) is 2.89. The Labute approximate surface area is 80.1 Å². The summed E-state index contributed by atoms with van der Waals surface area (Å²) in [5.74, 6) is 0. The standard InChI is InChI=1S/C6H4F3IN2/c7-6(8,9)4-1-3(11)2-12-5(4)10/h1-2H,11H2. The Morgan fingerprint density at radius 2 is 2.00 bits per heavy atom. The van der Waals surface area contributed by atoms with Crippen LogP contribution in [0.3, 0.4) is 0 Å². The molecule has 0 aliphatic rings. The summed E-state index contributed by atoms with van der Waals surface area (Å²) in [4.78, 5) is 3.49. The first kappa shape index (κ1) is 9.56. The van der Waals surface area contributed by atoms with E-state index in [1.807, 2.05) is 0 Å². The summed E-state index contributed by atoms with van der Waals surface area (Å²) in [6.45, 7) is 0. The molecule has 1 rings (SSSR count). The van der Waals surface area contributed by atoms with E-state index in [1.54, 1.807) is 0 Å². The van der Waals surface area contributed by atoms with Crippen LogP contribution in [0.15, 0.2) is 12.3 Å². The largest absolute Gasteiger partial charge is 0.419 e. The van der Waals surface area contributed by atoms with E-state index in [9.17, 15) is 13.2 Å². The first-order valence-corrected chi connectivity index (χ1v) is 3.97. The van der Waals surface area contributed by atoms with Crippen molar-refractivity contribution in [2.24, 2.45) is 0 Å². The highest BCUT2D eigenvalue weighted by molar-refractivity contribution is 14.1. The first-order chi connectivity index (χ1) is 5.41. The van der Waals surface area contributed by atoms with E-state index in [1.165, 1.54) is 28.8 Å². The maximum Gasteiger partial charge on any atom is 0.419 e. The number of hydrogen-bond donors (Lipinski definition) is 1. The van der Waals surface area contributed by atoms with Gasteiger partial charge in [-0.1, -0.05) is 0 Å². The maximum atomic E-state index is 12.1. The summed E-state index contributed by atoms with van der Waals surface area (Å²) in [6, 6.07) is 0.870. The SMILES string of the molecule is Nc1cnc(I)c(C(F)(F)F)c1. The molecule has 2 nitrogen and oxygen atoms in total. The summed E-state index contributed by atoms with van der Waals surface area (Å²) in [6.07, 6.45) is -3.18. The van der Waals surface area contributed by atoms with Crippen LogP contribution in [0.5, 0.6) is 0 Å². The predicted molar refractivity (Wildman–Crippen MR) is 46.4 cm³/mol. The minimum absolute atomic E-state index is 0.0164. The van der Waals surface area contributed by atoms with Crippen LogP contribution in [0.25, 0.3) is 0 Å². The van der Waals surface area contributed by atoms with Crippen LogP contribution < -0.4 is 5.73 Å². The van der Waals surface area contributed by atoms with Gasteiger partial charge in [0.1, 0.15) is 3.70 Å². The number of nitrogens with zero attached hydrogens (tertiary/aromatic N) is 1. The number of hydrogen-bond acceptors (Lipinski definition) is 2. The molecule has 1 heterocycles. The van der Waals surface area contributed by atoms with Crippen LogP contribution in [-0.2, 0) is 6.18 Å². The number of rotatable bonds is 0. The van der Waals surface area contributed by atoms with E-state index < -0.39 is 11.7 Å². The van der Waals surface area contributed by atoms with Crippen molar-refractivity contribution in [3.63, 3.8) is 0 Å². The molecule has 0 aliphatic carbocycles. The van der Waals surface area contributed by atoms with Crippen molar-refractivity contribution in [3.05, 3.63) is 21.5 Å². The Morgan fingerprint density at radius 3 is 2.42 bits per heavy atom. The zero-order chi connectivity index (χ0) is 9.35. The lowest BCUT2D eigenvalue weighted by atomic mass is 10.2. The molecule has 0 fully saturated rings. The number of aromatic nitrogens is 1. The molecule has 1 aromatic rings. The third kappa shape index (κ3) is 1.99. The van der Waals surface area contributed by atoms with E-state index in [0.29, 0.717) is 0 Å². The number of pyridine rings is 1. The third-order valence-electron chi connectivity index (χ3n) is 1.17. The fourth-order valence-electron chi connectivity index (χ4n) is 0.663. The summed E-state index contributed by atoms with van der Waals surface area (Å²) in [5, 5.41) is 0. The Hall–Kier alpha value is -0.530. The van der Waals surface area contributed by atoms with Crippen molar-refractivity contribution < 1.29 is 13.2 Å². The molecule has 66 valence electrons. The number of alkyl halides is 3. The van der Waals surface area contributed by atoms with Crippen LogP contribution in [0.1, 0.15) is 5.56 Å². The van der Waals surface area contributed by atoms with Gasteiger partial charge in [0.2, 0.25) is 0 Å². The second-order valence-electron chi connectivity index (χ2n) is 2.10. The molecule has 0 radical (unpaired) electrons. The monoisotopic (exact) mass is 288 g/mol. The highest BCUT2D eigenvalue weighted by atomic mass is 127. The van der Waals surface area contributed by atoms with E-state index in [-0.39, 0.29) is 9.39 Å². The van der Waals surface area contributed by atoms with Gasteiger partial charge >= 0.3 is 6.18 Å². The fourth-order valence-corrected chi connectivity index (χ4v) is 1.26. The van der Waals surface area contributed by atoms with Crippen molar-refractivity contribution in [2.75, 3.05) is 5.73 Å². The van der Waals surface area contributed by atoms with E-state index in [0.717, 1.165) is 6.07 Å². The fraction of sp³-hybridized carbons (Fsp3) is 0.167. The van der Waals surface area contributed by atoms with Gasteiger partial charge in [-0.25, -0.2) is 4.98 Å². The normalized spacial score (nSPS) is 11.7. The molecular formula is C6H4F3IN2. The molecule has 0 spiro atoms. The highest BCUT2D eigenvalue weighted by Crippen LogP contribution is 2.32. The Morgan fingerprint density at radius 1 is 1.42 bits per heavy atom. The molecule has 0 aromatic carbocycles. The van der Waals surface area contributed by atoms with Crippen molar-refractivity contribution in [1.29, 1.82) is 0 Å². The van der Waals surface area contributed by atoms with E-state index in [4.69, 9.17) is 5.73 Å². The summed E-state index contributed by atoms with van der Waals surface area (Å²) >= 11 is 1.52. The smallest absolute Gasteiger partial charge is 0.397 e. The molecule has 0 unspecified atom stereocenters. The molecule has 12 heavy (non-hydrogen) atoms. The average molecular weight is 288 g/mol. The van der Waals surface area contributed by atoms with Gasteiger partial charge in [-0.3, -0.25) is 0 Å². The molecule has 1 aromatic heterocycles. The predicted octanol–water partition coefficient (Wildman–Crippen LogP) is 2.29. The van der Waals surface area contributed by atoms with Crippen LogP contribution >= 0.6 is 22.6 Å². The molecule has 0 atom stereocenters. The van der Waals surface area contributed by atoms with Crippen LogP contribution in [-0.4, -0.2) is 4.98 Å². The molecule has 6 heteroatoms. The second-order valence-corrected chi connectivity index (χ2v) is 3.13. The average Bonchev–Trinajstić information content (AvgIpc) is 1.92. The Balaban J connectivity index is 3.23. The third-order valence-corrected chi connectivity index (χ3v) is 2.03. The van der Waals surface area contributed by atoms with E-state index in [2.05, 4.69) is 4.98 Å². The number of halogens is 4. The molecule has 2 N–H and O–H groups in total. The second kappa shape index (κ2) is 3.08. The molecule has 0 bridgehead atoms. The Bertz CT molecular complexity index is 297. The maximum absolute atomic E-state index is 12.1. The summed E-state index contributed by atoms with van der Waals surface area (Å²) in [7, 11) is 0. The van der Waals surface area contributed by atoms with Gasteiger partial charge in [0.25, 0.3) is 0 Å². The van der Waals surface area contributed by atoms with Crippen molar-refractivity contribution in [1.82, 2.24) is 4.98 Å². The lowest BCUT2D eigenvalue weighted by molar-refractivity contribution is -0.138. The minimum atomic E-state index is -4.38. The highest BCUT2D eigenvalue weighted by Gasteiger charge is 2.33. The molecular weight excluding hydrogens is 284 g/mol. The van der Waals surface area contributed by atoms with Crippen LogP contribution in [0.4, 0.5) is 18.9 Å². The molecule has 0 amide bonds. The van der Waals surface area contributed by atoms with Crippen molar-refractivity contribution >= 4 is 28.3 Å². The van der Waals surface area contributed by atoms with Crippen molar-refractivity contribution in [3.8, 4) is 0 Å². The van der Waals surface area contributed by atoms with E-state index >= 15 is 0 Å². The minimum Gasteiger partial charge on any atom is -0.397 e. The number of nitrogens with two attached hydrogens (primary N) is 1. The summed E-state index contributed by atoms with van der Waals surface area (Å²) < 4.78 is 36.3. The van der Waals surface area contributed by atoms with Crippen LogP contribution in [0.2, 0.25) is 0 Å². The zero-order valence-corrected chi connectivity index (χ0v) is 7.85. The lowest BCUT2D eigenvalue weighted by Crippen LogP contribution is -2.09. The van der Waals surface area contributed by atoms with Gasteiger partial charge in [-0.05, 0) is 28.7 Å². The zero-order valence-electron chi connectivity index (χ0n) is 5.69. The van der Waals surface area contributed by atoms with Gasteiger partial charge in [0, 0.05) is 0 Å². The lowest BCUT2D eigenvalue weighted by Gasteiger charge is -2.08. The van der Waals surface area contributed by atoms with Crippen molar-refractivity contribution in [2.45, 2.75) is 6.18 Å². The number of anilines is 1. The topological polar surface area (TPSA) is 38.9 Å². The van der Waals surface area contributed by atoms with Gasteiger partial charge in [0.05, 0.1) is 17.4 Å². The van der Waals surface area contributed by atoms with Gasteiger partial charge < -0.3 is 5.73 Å². The number of nitrogen functional groups attached to an aromatic ring is 1. The van der Waals surface area contributed by atoms with Gasteiger partial charge in [-0.15, -0.1) is 0 Å². The van der Waals surface area contributed by atoms with Gasteiger partial charge in [-0.2, -0.15) is 13.2 Å².